The fraction of sp³-hybridized carbons (Fsp3) is 0.333. The average Bonchev–Trinajstić information content (AvgIpc) is 2.23. The Labute approximate surface area is 119 Å². The number of halogens is 1. The SMILES string of the molecule is COc1c(OC(C)=O)cc(I)c(OC(C)=O)c1C. The van der Waals surface area contributed by atoms with Gasteiger partial charge in [-0.25, -0.2) is 0 Å². The van der Waals surface area contributed by atoms with Crippen LogP contribution in [-0.4, -0.2) is 19.0 Å². The molecule has 6 heteroatoms. The molecule has 0 radical (unpaired) electrons. The first kappa shape index (κ1) is 14.7. The van der Waals surface area contributed by atoms with E-state index in [1.54, 1.807) is 13.0 Å². The molecule has 0 N–H and O–H groups in total. The molecule has 0 aliphatic carbocycles. The van der Waals surface area contributed by atoms with E-state index in [1.807, 2.05) is 22.6 Å². The third-order valence-corrected chi connectivity index (χ3v) is 2.88. The largest absolute Gasteiger partial charge is 0.492 e. The Bertz CT molecular complexity index is 496. The maximum absolute atomic E-state index is 11.0. The summed E-state index contributed by atoms with van der Waals surface area (Å²) in [7, 11) is 1.46. The van der Waals surface area contributed by atoms with Crippen molar-refractivity contribution < 1.29 is 23.8 Å². The number of esters is 2. The number of carbonyl (C=O) groups excluding carboxylic acids is 2. The van der Waals surface area contributed by atoms with Gasteiger partial charge in [0, 0.05) is 25.5 Å². The summed E-state index contributed by atoms with van der Waals surface area (Å²) in [4.78, 5) is 22.0. The third-order valence-electron chi connectivity index (χ3n) is 2.08. The molecular weight excluding hydrogens is 351 g/mol. The summed E-state index contributed by atoms with van der Waals surface area (Å²) in [6.45, 7) is 4.36. The molecule has 5 nitrogen and oxygen atoms in total. The molecule has 0 bridgehead atoms. The van der Waals surface area contributed by atoms with E-state index < -0.39 is 11.9 Å². The van der Waals surface area contributed by atoms with Crippen molar-refractivity contribution in [2.45, 2.75) is 20.8 Å². The Morgan fingerprint density at radius 1 is 1.11 bits per heavy atom. The molecule has 98 valence electrons. The van der Waals surface area contributed by atoms with Crippen LogP contribution in [0.3, 0.4) is 0 Å². The number of ether oxygens (including phenoxy) is 3. The normalized spacial score (nSPS) is 9.83. The summed E-state index contributed by atoms with van der Waals surface area (Å²) in [5, 5.41) is 0. The van der Waals surface area contributed by atoms with Crippen molar-refractivity contribution in [3.63, 3.8) is 0 Å². The van der Waals surface area contributed by atoms with Crippen LogP contribution in [0.25, 0.3) is 0 Å². The van der Waals surface area contributed by atoms with Gasteiger partial charge >= 0.3 is 11.9 Å². The molecule has 0 saturated carbocycles. The summed E-state index contributed by atoms with van der Waals surface area (Å²) in [5.41, 5.74) is 0.607. The molecule has 0 fully saturated rings. The second-order valence-corrected chi connectivity index (χ2v) is 4.69. The molecule has 1 rings (SSSR count). The number of methoxy groups -OCH3 is 1. The van der Waals surface area contributed by atoms with Crippen LogP contribution in [-0.2, 0) is 9.59 Å². The number of hydrogen-bond acceptors (Lipinski definition) is 5. The number of hydrogen-bond donors (Lipinski definition) is 0. The summed E-state index contributed by atoms with van der Waals surface area (Å²) in [6, 6.07) is 1.59. The van der Waals surface area contributed by atoms with Gasteiger partial charge < -0.3 is 14.2 Å². The van der Waals surface area contributed by atoms with Crippen LogP contribution in [0.2, 0.25) is 0 Å². The predicted molar refractivity (Wildman–Crippen MR) is 73.1 cm³/mol. The molecule has 0 aliphatic heterocycles. The lowest BCUT2D eigenvalue weighted by molar-refractivity contribution is -0.133. The molecule has 0 spiro atoms. The van der Waals surface area contributed by atoms with Crippen molar-refractivity contribution in [3.05, 3.63) is 15.2 Å². The van der Waals surface area contributed by atoms with Crippen LogP contribution < -0.4 is 14.2 Å². The lowest BCUT2D eigenvalue weighted by Gasteiger charge is -2.15. The highest BCUT2D eigenvalue weighted by molar-refractivity contribution is 14.1. The molecule has 0 amide bonds. The maximum atomic E-state index is 11.0. The molecule has 0 unspecified atom stereocenters. The van der Waals surface area contributed by atoms with Gasteiger partial charge in [-0.3, -0.25) is 9.59 Å². The van der Waals surface area contributed by atoms with Gasteiger partial charge in [0.15, 0.2) is 17.2 Å². The highest BCUT2D eigenvalue weighted by Crippen LogP contribution is 2.40. The smallest absolute Gasteiger partial charge is 0.308 e. The van der Waals surface area contributed by atoms with Gasteiger partial charge in [0.25, 0.3) is 0 Å². The first-order chi connectivity index (χ1) is 8.36. The zero-order valence-corrected chi connectivity index (χ0v) is 12.7. The Morgan fingerprint density at radius 3 is 2.11 bits per heavy atom. The monoisotopic (exact) mass is 364 g/mol. The third kappa shape index (κ3) is 3.34. The molecule has 18 heavy (non-hydrogen) atoms. The minimum atomic E-state index is -0.441. The topological polar surface area (TPSA) is 61.8 Å². The van der Waals surface area contributed by atoms with Gasteiger partial charge in [0.1, 0.15) is 0 Å². The lowest BCUT2D eigenvalue weighted by atomic mass is 10.2. The Kier molecular flexibility index (Phi) is 4.94. The van der Waals surface area contributed by atoms with Crippen LogP contribution in [0.4, 0.5) is 0 Å². The molecule has 0 atom stereocenters. The van der Waals surface area contributed by atoms with Gasteiger partial charge in [-0.1, -0.05) is 0 Å². The van der Waals surface area contributed by atoms with Crippen molar-refractivity contribution in [1.29, 1.82) is 0 Å². The van der Waals surface area contributed by atoms with Crippen LogP contribution in [0.5, 0.6) is 17.2 Å². The molecule has 1 aromatic rings. The first-order valence-electron chi connectivity index (χ1n) is 5.10. The number of carbonyl (C=O) groups is 2. The average molecular weight is 364 g/mol. The summed E-state index contributed by atoms with van der Waals surface area (Å²) >= 11 is 2.00. The molecule has 0 heterocycles. The van der Waals surface area contributed by atoms with Crippen LogP contribution in [0.15, 0.2) is 6.07 Å². The van der Waals surface area contributed by atoms with Gasteiger partial charge in [-0.05, 0) is 29.5 Å². The first-order valence-corrected chi connectivity index (χ1v) is 6.18. The van der Waals surface area contributed by atoms with Crippen LogP contribution in [0.1, 0.15) is 19.4 Å². The van der Waals surface area contributed by atoms with Crippen molar-refractivity contribution in [1.82, 2.24) is 0 Å². The Hall–Kier alpha value is -1.31. The Balaban J connectivity index is 3.34. The van der Waals surface area contributed by atoms with Gasteiger partial charge in [-0.15, -0.1) is 0 Å². The van der Waals surface area contributed by atoms with E-state index in [0.717, 1.165) is 0 Å². The minimum Gasteiger partial charge on any atom is -0.492 e. The van der Waals surface area contributed by atoms with E-state index in [-0.39, 0.29) is 0 Å². The molecule has 0 aromatic heterocycles. The highest BCUT2D eigenvalue weighted by atomic mass is 127. The zero-order chi connectivity index (χ0) is 13.9. The number of benzene rings is 1. The second-order valence-electron chi connectivity index (χ2n) is 3.53. The fourth-order valence-corrected chi connectivity index (χ4v) is 2.26. The van der Waals surface area contributed by atoms with E-state index in [9.17, 15) is 9.59 Å². The molecular formula is C12H13IO5. The minimum absolute atomic E-state index is 0.308. The summed E-state index contributed by atoms with van der Waals surface area (Å²) < 4.78 is 16.0. The summed E-state index contributed by atoms with van der Waals surface area (Å²) in [6.07, 6.45) is 0. The fourth-order valence-electron chi connectivity index (χ4n) is 1.47. The van der Waals surface area contributed by atoms with Crippen molar-refractivity contribution in [2.24, 2.45) is 0 Å². The van der Waals surface area contributed by atoms with Crippen molar-refractivity contribution in [2.75, 3.05) is 7.11 Å². The van der Waals surface area contributed by atoms with E-state index in [0.29, 0.717) is 26.4 Å². The van der Waals surface area contributed by atoms with Crippen LogP contribution >= 0.6 is 22.6 Å². The van der Waals surface area contributed by atoms with E-state index >= 15 is 0 Å². The second kappa shape index (κ2) is 6.03. The lowest BCUT2D eigenvalue weighted by Crippen LogP contribution is -2.08. The van der Waals surface area contributed by atoms with Crippen molar-refractivity contribution >= 4 is 34.5 Å². The Morgan fingerprint density at radius 2 is 1.67 bits per heavy atom. The van der Waals surface area contributed by atoms with E-state index in [1.165, 1.54) is 21.0 Å². The van der Waals surface area contributed by atoms with Gasteiger partial charge in [-0.2, -0.15) is 0 Å². The summed E-state index contributed by atoms with van der Waals surface area (Å²) in [5.74, 6) is 0.238. The van der Waals surface area contributed by atoms with Crippen molar-refractivity contribution in [3.8, 4) is 17.2 Å². The van der Waals surface area contributed by atoms with Crippen LogP contribution in [0, 0.1) is 10.5 Å². The van der Waals surface area contributed by atoms with Gasteiger partial charge in [0.2, 0.25) is 0 Å². The molecule has 0 saturated heterocycles. The van der Waals surface area contributed by atoms with E-state index in [4.69, 9.17) is 14.2 Å². The quantitative estimate of drug-likeness (QED) is 0.469. The molecule has 0 aliphatic rings. The standard InChI is InChI=1S/C12H13IO5/c1-6-11(18-8(3)15)9(13)5-10(12(6)16-4)17-7(2)14/h5H,1-4H3. The zero-order valence-electron chi connectivity index (χ0n) is 10.5. The number of rotatable bonds is 3. The molecule has 1 aromatic carbocycles. The van der Waals surface area contributed by atoms with E-state index in [2.05, 4.69) is 0 Å². The maximum Gasteiger partial charge on any atom is 0.308 e. The predicted octanol–water partition coefficient (Wildman–Crippen LogP) is 2.46. The highest BCUT2D eigenvalue weighted by Gasteiger charge is 2.19. The van der Waals surface area contributed by atoms with Gasteiger partial charge in [0.05, 0.1) is 10.7 Å².